The lowest BCUT2D eigenvalue weighted by atomic mass is 10.0. The highest BCUT2D eigenvalue weighted by Crippen LogP contribution is 2.32. The third kappa shape index (κ3) is 2.47. The predicted octanol–water partition coefficient (Wildman–Crippen LogP) is 3.46. The van der Waals surface area contributed by atoms with Crippen LogP contribution in [0.4, 0.5) is 5.69 Å². The minimum absolute atomic E-state index is 0.403. The van der Waals surface area contributed by atoms with E-state index in [1.54, 1.807) is 13.8 Å². The summed E-state index contributed by atoms with van der Waals surface area (Å²) >= 11 is 0. The molecule has 0 unspecified atom stereocenters. The molecule has 0 radical (unpaired) electrons. The Morgan fingerprint density at radius 2 is 1.85 bits per heavy atom. The number of fused-ring (bicyclic) bond motifs is 1. The van der Waals surface area contributed by atoms with Crippen molar-refractivity contribution in [3.63, 3.8) is 0 Å². The summed E-state index contributed by atoms with van der Waals surface area (Å²) in [4.78, 5) is 17.1. The summed E-state index contributed by atoms with van der Waals surface area (Å²) in [6.45, 7) is 5.51. The van der Waals surface area contributed by atoms with Gasteiger partial charge in [0.15, 0.2) is 5.54 Å². The molecule has 0 bridgehead atoms. The van der Waals surface area contributed by atoms with Crippen molar-refractivity contribution in [3.8, 4) is 0 Å². The van der Waals surface area contributed by atoms with Gasteiger partial charge in [-0.05, 0) is 32.2 Å². The highest BCUT2D eigenvalue weighted by molar-refractivity contribution is 5.96. The Morgan fingerprint density at radius 1 is 1.20 bits per heavy atom. The lowest BCUT2D eigenvalue weighted by Crippen LogP contribution is -2.50. The van der Waals surface area contributed by atoms with E-state index in [0.29, 0.717) is 6.61 Å². The number of carboxylic acids is 1. The van der Waals surface area contributed by atoms with Gasteiger partial charge in [-0.2, -0.15) is 0 Å². The summed E-state index contributed by atoms with van der Waals surface area (Å²) in [5.41, 5.74) is -0.391. The summed E-state index contributed by atoms with van der Waals surface area (Å²) < 4.78 is 0. The van der Waals surface area contributed by atoms with Gasteiger partial charge in [-0.3, -0.25) is 4.84 Å². The summed E-state index contributed by atoms with van der Waals surface area (Å²) in [5.74, 6) is -0.932. The molecule has 0 saturated carbocycles. The number of hydrogen-bond acceptors (Lipinski definition) is 3. The van der Waals surface area contributed by atoms with Crippen molar-refractivity contribution < 1.29 is 14.7 Å². The lowest BCUT2D eigenvalue weighted by molar-refractivity contribution is -0.145. The van der Waals surface area contributed by atoms with Crippen molar-refractivity contribution in [1.29, 1.82) is 0 Å². The molecule has 0 fully saturated rings. The minimum atomic E-state index is -1.15. The molecule has 4 nitrogen and oxygen atoms in total. The zero-order valence-corrected chi connectivity index (χ0v) is 12.0. The Kier molecular flexibility index (Phi) is 3.95. The lowest BCUT2D eigenvalue weighted by Gasteiger charge is -2.35. The predicted molar refractivity (Wildman–Crippen MR) is 79.8 cm³/mol. The van der Waals surface area contributed by atoms with Crippen LogP contribution in [0, 0.1) is 0 Å². The molecular weight excluding hydrogens is 254 g/mol. The smallest absolute Gasteiger partial charge is 0.331 e. The molecule has 0 atom stereocenters. The van der Waals surface area contributed by atoms with Gasteiger partial charge in [-0.25, -0.2) is 9.86 Å². The van der Waals surface area contributed by atoms with Crippen molar-refractivity contribution in [1.82, 2.24) is 0 Å². The first-order valence-corrected chi connectivity index (χ1v) is 6.62. The average Bonchev–Trinajstić information content (AvgIpc) is 2.44. The Labute approximate surface area is 118 Å². The first-order valence-electron chi connectivity index (χ1n) is 6.62. The SMILES string of the molecule is CCON(c1cccc2ccccc12)C(C)(C)C(=O)O. The summed E-state index contributed by atoms with van der Waals surface area (Å²) in [5, 5.41) is 13.0. The molecule has 4 heteroatoms. The molecule has 2 aromatic rings. The van der Waals surface area contributed by atoms with E-state index in [4.69, 9.17) is 4.84 Å². The molecule has 0 heterocycles. The maximum absolute atomic E-state index is 11.5. The number of benzene rings is 2. The van der Waals surface area contributed by atoms with Crippen molar-refractivity contribution in [3.05, 3.63) is 42.5 Å². The number of carbonyl (C=O) groups is 1. The molecule has 0 spiro atoms. The normalized spacial score (nSPS) is 11.6. The van der Waals surface area contributed by atoms with Crippen molar-refractivity contribution in [2.24, 2.45) is 0 Å². The van der Waals surface area contributed by atoms with E-state index in [-0.39, 0.29) is 0 Å². The van der Waals surface area contributed by atoms with Gasteiger partial charge in [0.05, 0.1) is 12.3 Å². The summed E-state index contributed by atoms with van der Waals surface area (Å²) in [6, 6.07) is 13.6. The van der Waals surface area contributed by atoms with Crippen molar-refractivity contribution >= 4 is 22.4 Å². The second kappa shape index (κ2) is 5.51. The van der Waals surface area contributed by atoms with E-state index in [0.717, 1.165) is 16.5 Å². The fourth-order valence-corrected chi connectivity index (χ4v) is 2.13. The van der Waals surface area contributed by atoms with Crippen molar-refractivity contribution in [2.45, 2.75) is 26.3 Å². The van der Waals surface area contributed by atoms with Crippen LogP contribution in [0.3, 0.4) is 0 Å². The number of nitrogens with zero attached hydrogens (tertiary/aromatic N) is 1. The maximum atomic E-state index is 11.5. The van der Waals surface area contributed by atoms with E-state index in [1.165, 1.54) is 5.06 Å². The Hall–Kier alpha value is -2.07. The van der Waals surface area contributed by atoms with Crippen LogP contribution in [0.15, 0.2) is 42.5 Å². The van der Waals surface area contributed by atoms with Crippen LogP contribution in [0.2, 0.25) is 0 Å². The third-order valence-corrected chi connectivity index (χ3v) is 3.27. The average molecular weight is 273 g/mol. The second-order valence-electron chi connectivity index (χ2n) is 5.07. The standard InChI is InChI=1S/C16H19NO3/c1-4-20-17(16(2,3)15(18)19)14-11-7-9-12-8-5-6-10-13(12)14/h5-11H,4H2,1-3H3,(H,18,19). The van der Waals surface area contributed by atoms with Crippen LogP contribution in [0.1, 0.15) is 20.8 Å². The molecule has 0 aliphatic rings. The van der Waals surface area contributed by atoms with Crippen LogP contribution in [-0.4, -0.2) is 23.2 Å². The van der Waals surface area contributed by atoms with Gasteiger partial charge < -0.3 is 5.11 Å². The highest BCUT2D eigenvalue weighted by atomic mass is 16.7. The molecule has 0 aliphatic carbocycles. The molecule has 1 N–H and O–H groups in total. The van der Waals surface area contributed by atoms with Crippen LogP contribution in [-0.2, 0) is 9.63 Å². The van der Waals surface area contributed by atoms with E-state index < -0.39 is 11.5 Å². The highest BCUT2D eigenvalue weighted by Gasteiger charge is 2.36. The topological polar surface area (TPSA) is 49.8 Å². The van der Waals surface area contributed by atoms with Crippen LogP contribution in [0.5, 0.6) is 0 Å². The van der Waals surface area contributed by atoms with E-state index in [9.17, 15) is 9.90 Å². The Bertz CT molecular complexity index is 617. The third-order valence-electron chi connectivity index (χ3n) is 3.27. The maximum Gasteiger partial charge on any atom is 0.331 e. The van der Waals surface area contributed by atoms with Crippen LogP contribution < -0.4 is 5.06 Å². The van der Waals surface area contributed by atoms with Gasteiger partial charge in [0.2, 0.25) is 0 Å². The molecular formula is C16H19NO3. The molecule has 106 valence electrons. The molecule has 2 rings (SSSR count). The number of hydroxylamine groups is 1. The zero-order valence-electron chi connectivity index (χ0n) is 12.0. The van der Waals surface area contributed by atoms with Gasteiger partial charge in [0.1, 0.15) is 0 Å². The molecule has 2 aromatic carbocycles. The molecule has 20 heavy (non-hydrogen) atoms. The fourth-order valence-electron chi connectivity index (χ4n) is 2.13. The van der Waals surface area contributed by atoms with Gasteiger partial charge in [0, 0.05) is 5.39 Å². The molecule has 0 aliphatic heterocycles. The van der Waals surface area contributed by atoms with Gasteiger partial charge >= 0.3 is 5.97 Å². The van der Waals surface area contributed by atoms with E-state index in [2.05, 4.69) is 0 Å². The summed E-state index contributed by atoms with van der Waals surface area (Å²) in [6.07, 6.45) is 0. The number of rotatable bonds is 5. The quantitative estimate of drug-likeness (QED) is 0.848. The molecule has 0 saturated heterocycles. The summed E-state index contributed by atoms with van der Waals surface area (Å²) in [7, 11) is 0. The number of hydrogen-bond donors (Lipinski definition) is 1. The Balaban J connectivity index is 2.61. The van der Waals surface area contributed by atoms with Crippen LogP contribution >= 0.6 is 0 Å². The number of aliphatic carboxylic acids is 1. The van der Waals surface area contributed by atoms with Gasteiger partial charge in [-0.1, -0.05) is 36.4 Å². The largest absolute Gasteiger partial charge is 0.479 e. The van der Waals surface area contributed by atoms with Gasteiger partial charge in [-0.15, -0.1) is 0 Å². The van der Waals surface area contributed by atoms with Crippen LogP contribution in [0.25, 0.3) is 10.8 Å². The monoisotopic (exact) mass is 273 g/mol. The second-order valence-corrected chi connectivity index (χ2v) is 5.07. The Morgan fingerprint density at radius 3 is 2.50 bits per heavy atom. The first kappa shape index (κ1) is 14.3. The molecule has 0 aromatic heterocycles. The van der Waals surface area contributed by atoms with Crippen molar-refractivity contribution in [2.75, 3.05) is 11.7 Å². The number of carboxylic acid groups (broad SMARTS) is 1. The first-order chi connectivity index (χ1) is 9.48. The fraction of sp³-hybridized carbons (Fsp3) is 0.312. The minimum Gasteiger partial charge on any atom is -0.479 e. The molecule has 0 amide bonds. The van der Waals surface area contributed by atoms with E-state index in [1.807, 2.05) is 49.4 Å². The zero-order chi connectivity index (χ0) is 14.8. The number of anilines is 1. The van der Waals surface area contributed by atoms with Gasteiger partial charge in [0.25, 0.3) is 0 Å². The van der Waals surface area contributed by atoms with E-state index >= 15 is 0 Å².